The highest BCUT2D eigenvalue weighted by Gasteiger charge is 2.45. The molecular weight excluding hydrogens is 351 g/mol. The number of aromatic amines is 1. The number of ether oxygens (including phenoxy) is 2. The molecule has 0 bridgehead atoms. The number of hydrogen-bond donors (Lipinski definition) is 2. The Morgan fingerprint density at radius 1 is 1.36 bits per heavy atom. The van der Waals surface area contributed by atoms with Crippen LogP contribution in [0.4, 0.5) is 0 Å². The Labute approximate surface area is 145 Å². The van der Waals surface area contributed by atoms with E-state index >= 15 is 0 Å². The average molecular weight is 376 g/mol. The van der Waals surface area contributed by atoms with Gasteiger partial charge < -0.3 is 14.4 Å². The van der Waals surface area contributed by atoms with Crippen molar-refractivity contribution in [2.75, 3.05) is 6.61 Å². The maximum absolute atomic E-state index is 12.4. The van der Waals surface area contributed by atoms with Crippen molar-refractivity contribution in [3.05, 3.63) is 32.6 Å². The number of aromatic nitrogens is 2. The van der Waals surface area contributed by atoms with E-state index in [0.717, 1.165) is 4.57 Å². The first-order valence-corrected chi connectivity index (χ1v) is 9.77. The molecule has 1 aliphatic heterocycles. The van der Waals surface area contributed by atoms with Crippen LogP contribution in [0.25, 0.3) is 0 Å². The van der Waals surface area contributed by atoms with Crippen LogP contribution < -0.4 is 11.2 Å². The summed E-state index contributed by atoms with van der Waals surface area (Å²) in [6.45, 7) is 8.42. The lowest BCUT2D eigenvalue weighted by Gasteiger charge is -2.28. The van der Waals surface area contributed by atoms with E-state index in [0.29, 0.717) is 5.56 Å². The molecule has 1 aromatic rings. The van der Waals surface area contributed by atoms with Crippen LogP contribution in [0.2, 0.25) is 0 Å². The third kappa shape index (κ3) is 4.48. The first-order valence-electron chi connectivity index (χ1n) is 8.13. The average Bonchev–Trinajstić information content (AvgIpc) is 2.84. The number of rotatable bonds is 6. The SMILES string of the molecule is Cc1cn([C@@H]2OCC(OC(C)C)C2OP(=O)(O)C(C)C)c(=O)[nH]c1=O. The maximum Gasteiger partial charge on any atom is 0.331 e. The molecule has 2 N–H and O–H groups in total. The molecule has 4 atom stereocenters. The second-order valence-corrected chi connectivity index (χ2v) is 9.03. The summed E-state index contributed by atoms with van der Waals surface area (Å²) in [7, 11) is -3.94. The molecule has 0 spiro atoms. The van der Waals surface area contributed by atoms with Gasteiger partial charge in [0.15, 0.2) is 6.23 Å². The molecule has 142 valence electrons. The van der Waals surface area contributed by atoms with Gasteiger partial charge in [0.1, 0.15) is 12.2 Å². The molecule has 1 aliphatic rings. The van der Waals surface area contributed by atoms with E-state index in [1.165, 1.54) is 6.20 Å². The van der Waals surface area contributed by atoms with Crippen molar-refractivity contribution in [2.24, 2.45) is 0 Å². The van der Waals surface area contributed by atoms with Crippen LogP contribution in [0.1, 0.15) is 39.5 Å². The first-order chi connectivity index (χ1) is 11.5. The van der Waals surface area contributed by atoms with Crippen LogP contribution in [0, 0.1) is 6.92 Å². The molecular formula is C15H25N2O7P. The van der Waals surface area contributed by atoms with E-state index in [1.807, 2.05) is 13.8 Å². The smallest absolute Gasteiger partial charge is 0.331 e. The molecule has 2 heterocycles. The molecule has 1 saturated heterocycles. The second-order valence-electron chi connectivity index (χ2n) is 6.65. The standard InChI is InChI=1S/C15H25N2O7P/c1-8(2)23-11-7-22-14(12(11)24-25(20,21)9(3)4)17-6-10(5)13(18)16-15(17)19/h6,8-9,11-12,14H,7H2,1-5H3,(H,20,21)(H,16,18,19)/t11?,12?,14-/m1/s1. The minimum atomic E-state index is -3.94. The van der Waals surface area contributed by atoms with Crippen molar-refractivity contribution >= 4 is 7.60 Å². The van der Waals surface area contributed by atoms with Crippen molar-refractivity contribution in [1.29, 1.82) is 0 Å². The van der Waals surface area contributed by atoms with Crippen LogP contribution in [-0.2, 0) is 18.6 Å². The lowest BCUT2D eigenvalue weighted by molar-refractivity contribution is -0.0482. The number of aryl methyl sites for hydroxylation is 1. The van der Waals surface area contributed by atoms with Crippen molar-refractivity contribution in [3.8, 4) is 0 Å². The fourth-order valence-corrected chi connectivity index (χ4v) is 3.29. The minimum Gasteiger partial charge on any atom is -0.370 e. The van der Waals surface area contributed by atoms with Crippen LogP contribution in [0.15, 0.2) is 15.8 Å². The zero-order valence-electron chi connectivity index (χ0n) is 15.0. The van der Waals surface area contributed by atoms with Crippen LogP contribution in [0.5, 0.6) is 0 Å². The van der Waals surface area contributed by atoms with Gasteiger partial charge in [-0.15, -0.1) is 0 Å². The molecule has 0 aliphatic carbocycles. The third-order valence-electron chi connectivity index (χ3n) is 3.87. The molecule has 25 heavy (non-hydrogen) atoms. The Morgan fingerprint density at radius 2 is 2.00 bits per heavy atom. The maximum atomic E-state index is 12.4. The van der Waals surface area contributed by atoms with Crippen LogP contribution in [-0.4, -0.2) is 45.0 Å². The zero-order valence-corrected chi connectivity index (χ0v) is 15.9. The highest BCUT2D eigenvalue weighted by molar-refractivity contribution is 7.53. The summed E-state index contributed by atoms with van der Waals surface area (Å²) in [5.41, 5.74) is -1.49. The summed E-state index contributed by atoms with van der Waals surface area (Å²) in [6, 6.07) is 0. The van der Waals surface area contributed by atoms with Gasteiger partial charge in [-0.3, -0.25) is 23.4 Å². The quantitative estimate of drug-likeness (QED) is 0.715. The summed E-state index contributed by atoms with van der Waals surface area (Å²) in [5, 5.41) is 0. The van der Waals surface area contributed by atoms with Crippen molar-refractivity contribution < 1.29 is 23.5 Å². The summed E-state index contributed by atoms with van der Waals surface area (Å²) in [4.78, 5) is 36.0. The van der Waals surface area contributed by atoms with Crippen molar-refractivity contribution in [3.63, 3.8) is 0 Å². The van der Waals surface area contributed by atoms with E-state index in [9.17, 15) is 19.0 Å². The van der Waals surface area contributed by atoms with Gasteiger partial charge in [0.25, 0.3) is 5.56 Å². The summed E-state index contributed by atoms with van der Waals surface area (Å²) in [6.07, 6.45) is -1.39. The van der Waals surface area contributed by atoms with Gasteiger partial charge in [0, 0.05) is 11.8 Å². The zero-order chi connectivity index (χ0) is 18.9. The minimum absolute atomic E-state index is 0.0935. The highest BCUT2D eigenvalue weighted by Crippen LogP contribution is 2.51. The van der Waals surface area contributed by atoms with Gasteiger partial charge in [-0.1, -0.05) is 13.8 Å². The predicted octanol–water partition coefficient (Wildman–Crippen LogP) is 1.15. The van der Waals surface area contributed by atoms with Crippen molar-refractivity contribution in [1.82, 2.24) is 9.55 Å². The molecule has 2 rings (SSSR count). The van der Waals surface area contributed by atoms with Crippen LogP contribution >= 0.6 is 7.60 Å². The van der Waals surface area contributed by atoms with Gasteiger partial charge in [-0.2, -0.15) is 0 Å². The van der Waals surface area contributed by atoms with E-state index in [1.54, 1.807) is 20.8 Å². The fraction of sp³-hybridized carbons (Fsp3) is 0.733. The Morgan fingerprint density at radius 3 is 2.56 bits per heavy atom. The molecule has 3 unspecified atom stereocenters. The van der Waals surface area contributed by atoms with Gasteiger partial charge in [0.2, 0.25) is 0 Å². The van der Waals surface area contributed by atoms with Crippen molar-refractivity contribution in [2.45, 2.75) is 64.8 Å². The van der Waals surface area contributed by atoms with Crippen LogP contribution in [0.3, 0.4) is 0 Å². The molecule has 0 aromatic carbocycles. The lowest BCUT2D eigenvalue weighted by Crippen LogP contribution is -2.40. The monoisotopic (exact) mass is 376 g/mol. The Bertz CT molecular complexity index is 770. The Hall–Kier alpha value is -1.25. The van der Waals surface area contributed by atoms with E-state index < -0.39 is 42.9 Å². The number of H-pyrrole nitrogens is 1. The lowest BCUT2D eigenvalue weighted by atomic mass is 10.2. The van der Waals surface area contributed by atoms with Gasteiger partial charge in [0.05, 0.1) is 18.4 Å². The summed E-state index contributed by atoms with van der Waals surface area (Å²) in [5.74, 6) is 0. The van der Waals surface area contributed by atoms with E-state index in [2.05, 4.69) is 4.98 Å². The first kappa shape index (κ1) is 20.1. The molecule has 0 saturated carbocycles. The highest BCUT2D eigenvalue weighted by atomic mass is 31.2. The number of hydrogen-bond acceptors (Lipinski definition) is 6. The predicted molar refractivity (Wildman–Crippen MR) is 90.9 cm³/mol. The molecule has 0 amide bonds. The molecule has 10 heteroatoms. The summed E-state index contributed by atoms with van der Waals surface area (Å²) < 4.78 is 30.3. The molecule has 9 nitrogen and oxygen atoms in total. The Kier molecular flexibility index (Phi) is 6.06. The van der Waals surface area contributed by atoms with E-state index in [4.69, 9.17) is 14.0 Å². The third-order valence-corrected chi connectivity index (χ3v) is 5.72. The molecule has 1 aromatic heterocycles. The largest absolute Gasteiger partial charge is 0.370 e. The van der Waals surface area contributed by atoms with Gasteiger partial charge in [-0.25, -0.2) is 4.79 Å². The Balaban J connectivity index is 2.42. The molecule has 1 fully saturated rings. The normalized spacial score (nSPS) is 26.3. The number of nitrogens with one attached hydrogen (secondary N) is 1. The molecule has 0 radical (unpaired) electrons. The second kappa shape index (κ2) is 7.55. The van der Waals surface area contributed by atoms with Gasteiger partial charge in [-0.05, 0) is 20.8 Å². The summed E-state index contributed by atoms with van der Waals surface area (Å²) >= 11 is 0. The fourth-order valence-electron chi connectivity index (χ4n) is 2.46. The number of nitrogens with zero attached hydrogens (tertiary/aromatic N) is 1. The van der Waals surface area contributed by atoms with Gasteiger partial charge >= 0.3 is 13.3 Å². The van der Waals surface area contributed by atoms with E-state index in [-0.39, 0.29) is 12.7 Å². The topological polar surface area (TPSA) is 120 Å².